The van der Waals surface area contributed by atoms with Crippen LogP contribution in [0, 0.1) is 6.92 Å². The highest BCUT2D eigenvalue weighted by molar-refractivity contribution is 5.68. The van der Waals surface area contributed by atoms with Crippen molar-refractivity contribution in [1.82, 2.24) is 0 Å². The molecule has 0 aromatic heterocycles. The smallest absolute Gasteiger partial charge is 0.303 e. The zero-order valence-electron chi connectivity index (χ0n) is 16.0. The number of methoxy groups -OCH3 is 1. The van der Waals surface area contributed by atoms with Crippen molar-refractivity contribution in [3.05, 3.63) is 29.3 Å². The van der Waals surface area contributed by atoms with E-state index in [0.717, 1.165) is 5.56 Å². The molecule has 0 N–H and O–H groups in total. The molecule has 1 heterocycles. The van der Waals surface area contributed by atoms with Crippen molar-refractivity contribution in [1.29, 1.82) is 0 Å². The Kier molecular flexibility index (Phi) is 6.79. The molecule has 8 heteroatoms. The lowest BCUT2D eigenvalue weighted by molar-refractivity contribution is -0.165. The molecular formula is C19H24O8. The summed E-state index contributed by atoms with van der Waals surface area (Å²) in [5, 5.41) is 0. The van der Waals surface area contributed by atoms with E-state index in [1.807, 2.05) is 19.1 Å². The highest BCUT2D eigenvalue weighted by Crippen LogP contribution is 2.41. The van der Waals surface area contributed by atoms with Crippen molar-refractivity contribution >= 4 is 17.9 Å². The fraction of sp³-hybridized carbons (Fsp3) is 0.526. The molecule has 4 atom stereocenters. The van der Waals surface area contributed by atoms with Crippen molar-refractivity contribution in [2.75, 3.05) is 13.7 Å². The van der Waals surface area contributed by atoms with Gasteiger partial charge in [-0.15, -0.1) is 0 Å². The third-order valence-corrected chi connectivity index (χ3v) is 4.06. The summed E-state index contributed by atoms with van der Waals surface area (Å²) >= 11 is 0. The first-order chi connectivity index (χ1) is 12.7. The van der Waals surface area contributed by atoms with Crippen LogP contribution >= 0.6 is 0 Å². The highest BCUT2D eigenvalue weighted by Gasteiger charge is 2.50. The lowest BCUT2D eigenvalue weighted by atomic mass is 9.98. The van der Waals surface area contributed by atoms with Crippen molar-refractivity contribution in [2.24, 2.45) is 0 Å². The van der Waals surface area contributed by atoms with Gasteiger partial charge in [-0.25, -0.2) is 0 Å². The summed E-state index contributed by atoms with van der Waals surface area (Å²) in [6.45, 7) is 5.53. The predicted octanol–water partition coefficient (Wildman–Crippen LogP) is 1.87. The van der Waals surface area contributed by atoms with Crippen LogP contribution in [0.25, 0.3) is 0 Å². The van der Waals surface area contributed by atoms with Crippen LogP contribution in [0.1, 0.15) is 38.0 Å². The minimum Gasteiger partial charge on any atom is -0.496 e. The largest absolute Gasteiger partial charge is 0.496 e. The summed E-state index contributed by atoms with van der Waals surface area (Å²) < 4.78 is 27.2. The summed E-state index contributed by atoms with van der Waals surface area (Å²) in [6, 6.07) is 5.50. The number of hydrogen-bond donors (Lipinski definition) is 0. The van der Waals surface area contributed by atoms with Crippen LogP contribution in [0.5, 0.6) is 5.75 Å². The first-order valence-electron chi connectivity index (χ1n) is 8.50. The average Bonchev–Trinajstić information content (AvgIpc) is 2.89. The molecule has 1 aliphatic rings. The summed E-state index contributed by atoms with van der Waals surface area (Å²) in [7, 11) is 1.52. The molecule has 0 unspecified atom stereocenters. The minimum absolute atomic E-state index is 0.143. The van der Waals surface area contributed by atoms with E-state index in [1.165, 1.54) is 27.9 Å². The first-order valence-corrected chi connectivity index (χ1v) is 8.50. The zero-order valence-corrected chi connectivity index (χ0v) is 16.0. The molecule has 0 radical (unpaired) electrons. The Morgan fingerprint density at radius 3 is 2.19 bits per heavy atom. The van der Waals surface area contributed by atoms with Crippen molar-refractivity contribution in [2.45, 2.75) is 52.1 Å². The Balaban J connectivity index is 2.44. The van der Waals surface area contributed by atoms with Gasteiger partial charge in [0.1, 0.15) is 24.6 Å². The van der Waals surface area contributed by atoms with Gasteiger partial charge in [-0.3, -0.25) is 14.4 Å². The Morgan fingerprint density at radius 2 is 1.63 bits per heavy atom. The number of carbonyl (C=O) groups excluding carboxylic acids is 3. The van der Waals surface area contributed by atoms with Gasteiger partial charge in [0.15, 0.2) is 12.2 Å². The molecule has 0 bridgehead atoms. The molecule has 1 aromatic rings. The second-order valence-corrected chi connectivity index (χ2v) is 6.29. The lowest BCUT2D eigenvalue weighted by Crippen LogP contribution is -2.40. The van der Waals surface area contributed by atoms with Gasteiger partial charge < -0.3 is 23.7 Å². The fourth-order valence-electron chi connectivity index (χ4n) is 3.04. The Labute approximate surface area is 157 Å². The molecule has 0 saturated carbocycles. The van der Waals surface area contributed by atoms with Crippen LogP contribution in [-0.2, 0) is 33.3 Å². The Hall–Kier alpha value is -2.61. The van der Waals surface area contributed by atoms with E-state index in [9.17, 15) is 14.4 Å². The van der Waals surface area contributed by atoms with E-state index in [4.69, 9.17) is 23.7 Å². The van der Waals surface area contributed by atoms with E-state index >= 15 is 0 Å². The SMILES string of the molecule is COc1ccc(C)cc1[C@@H]1O[C@H](COC(C)=O)[C@@H](OC(C)=O)[C@H]1OC(C)=O. The lowest BCUT2D eigenvalue weighted by Gasteiger charge is -2.24. The Bertz CT molecular complexity index is 714. The van der Waals surface area contributed by atoms with Gasteiger partial charge in [-0.2, -0.15) is 0 Å². The molecule has 148 valence electrons. The van der Waals surface area contributed by atoms with Crippen molar-refractivity contribution in [3.63, 3.8) is 0 Å². The third-order valence-electron chi connectivity index (χ3n) is 4.06. The van der Waals surface area contributed by atoms with E-state index in [2.05, 4.69) is 0 Å². The monoisotopic (exact) mass is 380 g/mol. The average molecular weight is 380 g/mol. The van der Waals surface area contributed by atoms with Crippen LogP contribution < -0.4 is 4.74 Å². The molecule has 1 saturated heterocycles. The van der Waals surface area contributed by atoms with Gasteiger partial charge in [0.25, 0.3) is 0 Å². The molecular weight excluding hydrogens is 356 g/mol. The van der Waals surface area contributed by atoms with Gasteiger partial charge in [0.2, 0.25) is 0 Å². The van der Waals surface area contributed by atoms with E-state index in [0.29, 0.717) is 11.3 Å². The molecule has 1 aromatic carbocycles. The standard InChI is InChI=1S/C19H24O8/c1-10-6-7-15(23-5)14(8-10)17-19(26-13(4)22)18(25-12(3)21)16(27-17)9-24-11(2)20/h6-8,16-19H,9H2,1-5H3/t16-,17+,18-,19+/m1/s1. The maximum Gasteiger partial charge on any atom is 0.303 e. The first kappa shape index (κ1) is 20.7. The molecule has 0 aliphatic carbocycles. The fourth-order valence-corrected chi connectivity index (χ4v) is 3.04. The molecule has 1 fully saturated rings. The quantitative estimate of drug-likeness (QED) is 0.545. The van der Waals surface area contributed by atoms with Crippen LogP contribution in [0.2, 0.25) is 0 Å². The van der Waals surface area contributed by atoms with Crippen LogP contribution in [0.15, 0.2) is 18.2 Å². The summed E-state index contributed by atoms with van der Waals surface area (Å²) in [4.78, 5) is 34.4. The zero-order chi connectivity index (χ0) is 20.1. The number of esters is 3. The molecule has 1 aliphatic heterocycles. The second-order valence-electron chi connectivity index (χ2n) is 6.29. The number of hydrogen-bond acceptors (Lipinski definition) is 8. The van der Waals surface area contributed by atoms with E-state index < -0.39 is 42.3 Å². The summed E-state index contributed by atoms with van der Waals surface area (Å²) in [5.74, 6) is -1.07. The van der Waals surface area contributed by atoms with E-state index in [-0.39, 0.29) is 6.61 Å². The number of carbonyl (C=O) groups is 3. The van der Waals surface area contributed by atoms with Crippen molar-refractivity contribution in [3.8, 4) is 5.75 Å². The molecule has 0 amide bonds. The van der Waals surface area contributed by atoms with Crippen LogP contribution in [-0.4, -0.2) is 49.9 Å². The van der Waals surface area contributed by atoms with Gasteiger partial charge in [-0.1, -0.05) is 11.6 Å². The van der Waals surface area contributed by atoms with Gasteiger partial charge in [0, 0.05) is 26.3 Å². The Morgan fingerprint density at radius 1 is 1.00 bits per heavy atom. The number of rotatable bonds is 6. The predicted molar refractivity (Wildman–Crippen MR) is 93.1 cm³/mol. The maximum atomic E-state index is 11.7. The van der Waals surface area contributed by atoms with E-state index in [1.54, 1.807) is 6.07 Å². The molecule has 0 spiro atoms. The number of aryl methyl sites for hydroxylation is 1. The molecule has 8 nitrogen and oxygen atoms in total. The molecule has 2 rings (SSSR count). The maximum absolute atomic E-state index is 11.7. The number of ether oxygens (including phenoxy) is 5. The summed E-state index contributed by atoms with van der Waals surface area (Å²) in [5.41, 5.74) is 1.59. The molecule has 27 heavy (non-hydrogen) atoms. The van der Waals surface area contributed by atoms with Gasteiger partial charge in [0.05, 0.1) is 7.11 Å². The third kappa shape index (κ3) is 5.19. The number of benzene rings is 1. The van der Waals surface area contributed by atoms with Crippen LogP contribution in [0.4, 0.5) is 0 Å². The highest BCUT2D eigenvalue weighted by atomic mass is 16.6. The minimum atomic E-state index is -0.930. The normalized spacial score (nSPS) is 24.2. The van der Waals surface area contributed by atoms with Crippen LogP contribution in [0.3, 0.4) is 0 Å². The topological polar surface area (TPSA) is 97.4 Å². The van der Waals surface area contributed by atoms with Gasteiger partial charge >= 0.3 is 17.9 Å². The van der Waals surface area contributed by atoms with Crippen molar-refractivity contribution < 1.29 is 38.1 Å². The van der Waals surface area contributed by atoms with Gasteiger partial charge in [-0.05, 0) is 19.1 Å². The summed E-state index contributed by atoms with van der Waals surface area (Å²) in [6.07, 6.45) is -3.39. The second kappa shape index (κ2) is 8.85.